The van der Waals surface area contributed by atoms with Gasteiger partial charge in [0.1, 0.15) is 0 Å². The predicted molar refractivity (Wildman–Crippen MR) is 72.8 cm³/mol. The summed E-state index contributed by atoms with van der Waals surface area (Å²) >= 11 is 0.925. The Kier molecular flexibility index (Phi) is 4.01. The highest BCUT2D eigenvalue weighted by molar-refractivity contribution is 7.14. The molecular weight excluding hydrogens is 285 g/mol. The van der Waals surface area contributed by atoms with E-state index in [4.69, 9.17) is 4.74 Å². The Labute approximate surface area is 118 Å². The summed E-state index contributed by atoms with van der Waals surface area (Å²) < 4.78 is 18.9. The Morgan fingerprint density at radius 2 is 2.15 bits per heavy atom. The second-order valence-electron chi connectivity index (χ2n) is 4.29. The van der Waals surface area contributed by atoms with Gasteiger partial charge in [0, 0.05) is 10.9 Å². The first-order valence-electron chi connectivity index (χ1n) is 5.78. The molecule has 0 fully saturated rings. The van der Waals surface area contributed by atoms with Crippen molar-refractivity contribution in [2.24, 2.45) is 0 Å². The number of aliphatic hydroxyl groups is 1. The molecule has 0 amide bonds. The highest BCUT2D eigenvalue weighted by atomic mass is 32.1. The maximum Gasteiger partial charge on any atom is 0.323 e. The first-order chi connectivity index (χ1) is 9.38. The molecule has 0 aliphatic rings. The molecule has 1 atom stereocenters. The number of hydrogen-bond acceptors (Lipinski definition) is 5. The zero-order valence-electron chi connectivity index (χ0n) is 10.8. The standard InChI is InChI=1S/C13H12FNO4S/c1-7-3-4-9(14)11(5-7)19-13-10(15(17)18)6-12(20-13)8(2)16/h3-6,8,16H,1-2H3/t8-/m0/s1. The molecule has 1 aromatic carbocycles. The van der Waals surface area contributed by atoms with Crippen molar-refractivity contribution in [3.8, 4) is 10.8 Å². The Hall–Kier alpha value is -1.99. The van der Waals surface area contributed by atoms with Crippen LogP contribution in [-0.4, -0.2) is 10.0 Å². The van der Waals surface area contributed by atoms with Crippen LogP contribution < -0.4 is 4.74 Å². The average molecular weight is 297 g/mol. The quantitative estimate of drug-likeness (QED) is 0.685. The van der Waals surface area contributed by atoms with E-state index >= 15 is 0 Å². The molecule has 0 unspecified atom stereocenters. The normalized spacial score (nSPS) is 12.2. The van der Waals surface area contributed by atoms with Gasteiger partial charge in [-0.15, -0.1) is 0 Å². The number of benzene rings is 1. The lowest BCUT2D eigenvalue weighted by Crippen LogP contribution is -1.91. The van der Waals surface area contributed by atoms with E-state index in [1.165, 1.54) is 25.1 Å². The van der Waals surface area contributed by atoms with E-state index in [1.54, 1.807) is 13.0 Å². The molecule has 0 spiro atoms. The molecule has 0 aliphatic carbocycles. The third kappa shape index (κ3) is 2.94. The van der Waals surface area contributed by atoms with Crippen molar-refractivity contribution < 1.29 is 19.2 Å². The Morgan fingerprint density at radius 3 is 2.75 bits per heavy atom. The predicted octanol–water partition coefficient (Wildman–Crippen LogP) is 3.95. The van der Waals surface area contributed by atoms with Crippen LogP contribution in [0.25, 0.3) is 0 Å². The van der Waals surface area contributed by atoms with Crippen molar-refractivity contribution in [3.63, 3.8) is 0 Å². The van der Waals surface area contributed by atoms with Crippen LogP contribution in [0.1, 0.15) is 23.5 Å². The Morgan fingerprint density at radius 1 is 1.45 bits per heavy atom. The topological polar surface area (TPSA) is 72.6 Å². The van der Waals surface area contributed by atoms with Crippen LogP contribution in [0.2, 0.25) is 0 Å². The zero-order valence-corrected chi connectivity index (χ0v) is 11.6. The van der Waals surface area contributed by atoms with Crippen LogP contribution >= 0.6 is 11.3 Å². The number of rotatable bonds is 4. The van der Waals surface area contributed by atoms with Crippen molar-refractivity contribution in [1.82, 2.24) is 0 Å². The van der Waals surface area contributed by atoms with E-state index in [2.05, 4.69) is 0 Å². The molecule has 0 bridgehead atoms. The van der Waals surface area contributed by atoms with Gasteiger partial charge in [-0.1, -0.05) is 17.4 Å². The molecule has 0 saturated heterocycles. The maximum absolute atomic E-state index is 13.6. The van der Waals surface area contributed by atoms with Crippen LogP contribution in [-0.2, 0) is 0 Å². The fraction of sp³-hybridized carbons (Fsp3) is 0.231. The molecule has 1 N–H and O–H groups in total. The number of nitro groups is 1. The molecule has 5 nitrogen and oxygen atoms in total. The van der Waals surface area contributed by atoms with Crippen LogP contribution in [0.4, 0.5) is 10.1 Å². The molecule has 0 radical (unpaired) electrons. The lowest BCUT2D eigenvalue weighted by molar-refractivity contribution is -0.385. The van der Waals surface area contributed by atoms with Gasteiger partial charge in [-0.25, -0.2) is 4.39 Å². The lowest BCUT2D eigenvalue weighted by Gasteiger charge is -2.05. The number of nitrogens with zero attached hydrogens (tertiary/aromatic N) is 1. The van der Waals surface area contributed by atoms with Crippen molar-refractivity contribution in [1.29, 1.82) is 0 Å². The summed E-state index contributed by atoms with van der Waals surface area (Å²) in [5, 5.41) is 20.4. The Bertz CT molecular complexity index is 654. The molecular formula is C13H12FNO4S. The van der Waals surface area contributed by atoms with E-state index in [-0.39, 0.29) is 16.5 Å². The molecule has 106 valence electrons. The van der Waals surface area contributed by atoms with E-state index in [1.807, 2.05) is 0 Å². The monoisotopic (exact) mass is 297 g/mol. The third-order valence-electron chi connectivity index (χ3n) is 2.60. The summed E-state index contributed by atoms with van der Waals surface area (Å²) in [7, 11) is 0. The molecule has 7 heteroatoms. The lowest BCUT2D eigenvalue weighted by atomic mass is 10.2. The molecule has 2 aromatic rings. The number of aliphatic hydroxyl groups excluding tert-OH is 1. The van der Waals surface area contributed by atoms with Crippen LogP contribution in [0.15, 0.2) is 24.3 Å². The molecule has 1 heterocycles. The SMILES string of the molecule is Cc1ccc(F)c(Oc2sc([C@H](C)O)cc2[N+](=O)[O-])c1. The molecule has 0 aliphatic heterocycles. The van der Waals surface area contributed by atoms with Crippen molar-refractivity contribution >= 4 is 17.0 Å². The minimum Gasteiger partial charge on any atom is -0.437 e. The largest absolute Gasteiger partial charge is 0.437 e. The van der Waals surface area contributed by atoms with Gasteiger partial charge in [0.05, 0.1) is 11.0 Å². The van der Waals surface area contributed by atoms with Crippen LogP contribution in [0.5, 0.6) is 10.8 Å². The van der Waals surface area contributed by atoms with Gasteiger partial charge in [0.2, 0.25) is 0 Å². The molecule has 0 saturated carbocycles. The number of ether oxygens (including phenoxy) is 1. The fourth-order valence-electron chi connectivity index (χ4n) is 1.58. The first kappa shape index (κ1) is 14.4. The number of thiophene rings is 1. The van der Waals surface area contributed by atoms with Gasteiger partial charge in [0.15, 0.2) is 11.6 Å². The summed E-state index contributed by atoms with van der Waals surface area (Å²) in [4.78, 5) is 10.7. The van der Waals surface area contributed by atoms with Crippen molar-refractivity contribution in [2.75, 3.05) is 0 Å². The van der Waals surface area contributed by atoms with Crippen molar-refractivity contribution in [3.05, 3.63) is 50.6 Å². The minimum atomic E-state index is -0.849. The summed E-state index contributed by atoms with van der Waals surface area (Å²) in [6.45, 7) is 3.25. The molecule has 20 heavy (non-hydrogen) atoms. The van der Waals surface area contributed by atoms with Crippen molar-refractivity contribution in [2.45, 2.75) is 20.0 Å². The summed E-state index contributed by atoms with van der Waals surface area (Å²) in [5.41, 5.74) is 0.489. The molecule has 1 aromatic heterocycles. The van der Waals surface area contributed by atoms with Crippen LogP contribution in [0.3, 0.4) is 0 Å². The summed E-state index contributed by atoms with van der Waals surface area (Å²) in [6, 6.07) is 5.51. The van der Waals surface area contributed by atoms with E-state index < -0.39 is 16.8 Å². The van der Waals surface area contributed by atoms with Gasteiger partial charge in [-0.2, -0.15) is 0 Å². The Balaban J connectivity index is 2.42. The van der Waals surface area contributed by atoms with Gasteiger partial charge >= 0.3 is 5.69 Å². The first-order valence-corrected chi connectivity index (χ1v) is 6.60. The fourth-order valence-corrected chi connectivity index (χ4v) is 2.50. The second-order valence-corrected chi connectivity index (χ2v) is 5.34. The van der Waals surface area contributed by atoms with Gasteiger partial charge in [-0.3, -0.25) is 10.1 Å². The smallest absolute Gasteiger partial charge is 0.323 e. The summed E-state index contributed by atoms with van der Waals surface area (Å²) in [5.74, 6) is -0.677. The van der Waals surface area contributed by atoms with Gasteiger partial charge < -0.3 is 9.84 Å². The number of halogens is 1. The highest BCUT2D eigenvalue weighted by Gasteiger charge is 2.23. The highest BCUT2D eigenvalue weighted by Crippen LogP contribution is 2.42. The molecule has 2 rings (SSSR count). The van der Waals surface area contributed by atoms with E-state index in [0.717, 1.165) is 16.9 Å². The second kappa shape index (κ2) is 5.56. The third-order valence-corrected chi connectivity index (χ3v) is 3.77. The minimum absolute atomic E-state index is 0.0459. The zero-order chi connectivity index (χ0) is 14.9. The van der Waals surface area contributed by atoms with Gasteiger partial charge in [-0.05, 0) is 31.5 Å². The van der Waals surface area contributed by atoms with Crippen LogP contribution in [0, 0.1) is 22.9 Å². The van der Waals surface area contributed by atoms with E-state index in [0.29, 0.717) is 4.88 Å². The average Bonchev–Trinajstić information content (AvgIpc) is 2.78. The number of aryl methyl sites for hydroxylation is 1. The van der Waals surface area contributed by atoms with Gasteiger partial charge in [0.25, 0.3) is 5.06 Å². The maximum atomic E-state index is 13.6. The van der Waals surface area contributed by atoms with E-state index in [9.17, 15) is 19.6 Å². The number of hydrogen-bond donors (Lipinski definition) is 1. The summed E-state index contributed by atoms with van der Waals surface area (Å²) in [6.07, 6.45) is -0.849.